The summed E-state index contributed by atoms with van der Waals surface area (Å²) in [4.78, 5) is 4.87. The molecule has 0 unspecified atom stereocenters. The lowest BCUT2D eigenvalue weighted by Crippen LogP contribution is -2.48. The highest BCUT2D eigenvalue weighted by atomic mass is 16.3. The highest BCUT2D eigenvalue weighted by Crippen LogP contribution is 2.31. The Bertz CT molecular complexity index is 661. The maximum absolute atomic E-state index is 9.93. The number of hydrogen-bond acceptors (Lipinski definition) is 4. The number of hydrogen-bond donors (Lipinski definition) is 2. The normalized spacial score (nSPS) is 16.6. The molecule has 0 radical (unpaired) electrons. The minimum Gasteiger partial charge on any atom is -0.508 e. The summed E-state index contributed by atoms with van der Waals surface area (Å²) in [5, 5.41) is 21.4. The summed E-state index contributed by atoms with van der Waals surface area (Å²) < 4.78 is 0. The highest BCUT2D eigenvalue weighted by molar-refractivity contribution is 5.90. The van der Waals surface area contributed by atoms with Crippen molar-refractivity contribution in [3.63, 3.8) is 0 Å². The van der Waals surface area contributed by atoms with E-state index in [2.05, 4.69) is 41.8 Å². The van der Waals surface area contributed by atoms with Crippen LogP contribution in [-0.2, 0) is 6.61 Å². The topological polar surface area (TPSA) is 46.9 Å². The average Bonchev–Trinajstić information content (AvgIpc) is 2.54. The molecule has 4 heteroatoms. The Balaban J connectivity index is 1.89. The minimum atomic E-state index is -0.145. The van der Waals surface area contributed by atoms with Gasteiger partial charge in [-0.15, -0.1) is 0 Å². The van der Waals surface area contributed by atoms with Gasteiger partial charge >= 0.3 is 0 Å². The van der Waals surface area contributed by atoms with Crippen LogP contribution in [0.4, 0.5) is 5.69 Å². The summed E-state index contributed by atoms with van der Waals surface area (Å²) in [5.74, 6) is 0.164. The maximum atomic E-state index is 9.93. The molecule has 118 valence electrons. The fourth-order valence-electron chi connectivity index (χ4n) is 3.22. The smallest absolute Gasteiger partial charge is 0.121 e. The zero-order valence-electron chi connectivity index (χ0n) is 13.3. The average molecular weight is 300 g/mol. The Morgan fingerprint density at radius 2 is 1.73 bits per heavy atom. The molecule has 0 bridgehead atoms. The van der Waals surface area contributed by atoms with Crippen LogP contribution < -0.4 is 4.90 Å². The molecule has 0 atom stereocenters. The van der Waals surface area contributed by atoms with Crippen LogP contribution in [-0.4, -0.2) is 47.3 Å². The van der Waals surface area contributed by atoms with Gasteiger partial charge in [-0.2, -0.15) is 0 Å². The molecule has 0 aliphatic carbocycles. The molecule has 1 saturated heterocycles. The van der Waals surface area contributed by atoms with E-state index in [1.54, 1.807) is 6.07 Å². The first-order valence-corrected chi connectivity index (χ1v) is 7.94. The zero-order valence-corrected chi connectivity index (χ0v) is 13.3. The van der Waals surface area contributed by atoms with E-state index >= 15 is 0 Å². The Hall–Kier alpha value is -1.78. The van der Waals surface area contributed by atoms with Crippen LogP contribution >= 0.6 is 0 Å². The van der Waals surface area contributed by atoms with Crippen molar-refractivity contribution in [2.75, 3.05) is 31.1 Å². The Labute approximate surface area is 131 Å². The molecule has 0 amide bonds. The first kappa shape index (κ1) is 15.1. The number of rotatable bonds is 3. The molecule has 1 fully saturated rings. The van der Waals surface area contributed by atoms with E-state index in [0.29, 0.717) is 11.6 Å². The zero-order chi connectivity index (χ0) is 15.7. The molecule has 0 spiro atoms. The predicted molar refractivity (Wildman–Crippen MR) is 90.5 cm³/mol. The number of aliphatic hydroxyl groups is 1. The van der Waals surface area contributed by atoms with E-state index in [1.165, 1.54) is 0 Å². The molecule has 2 aromatic carbocycles. The van der Waals surface area contributed by atoms with Gasteiger partial charge in [-0.05, 0) is 42.8 Å². The van der Waals surface area contributed by atoms with Crippen molar-refractivity contribution >= 4 is 16.5 Å². The summed E-state index contributed by atoms with van der Waals surface area (Å²) in [6.07, 6.45) is 0. The van der Waals surface area contributed by atoms with Gasteiger partial charge in [0.25, 0.3) is 0 Å². The molecule has 22 heavy (non-hydrogen) atoms. The molecule has 1 heterocycles. The van der Waals surface area contributed by atoms with Gasteiger partial charge in [-0.25, -0.2) is 0 Å². The van der Waals surface area contributed by atoms with Crippen LogP contribution in [0.5, 0.6) is 5.75 Å². The quantitative estimate of drug-likeness (QED) is 0.914. The van der Waals surface area contributed by atoms with Crippen molar-refractivity contribution in [3.8, 4) is 5.75 Å². The SMILES string of the molecule is CC(C)N1CCN(c2ccc3ccc(O)c(CO)c3c2)CC1. The van der Waals surface area contributed by atoms with E-state index in [-0.39, 0.29) is 12.4 Å². The first-order chi connectivity index (χ1) is 10.6. The highest BCUT2D eigenvalue weighted by Gasteiger charge is 2.19. The van der Waals surface area contributed by atoms with E-state index in [0.717, 1.165) is 42.6 Å². The van der Waals surface area contributed by atoms with E-state index < -0.39 is 0 Å². The number of fused-ring (bicyclic) bond motifs is 1. The van der Waals surface area contributed by atoms with Gasteiger partial charge in [0.05, 0.1) is 6.61 Å². The Morgan fingerprint density at radius 1 is 1.05 bits per heavy atom. The van der Waals surface area contributed by atoms with Gasteiger partial charge in [0.15, 0.2) is 0 Å². The molecule has 0 aromatic heterocycles. The van der Waals surface area contributed by atoms with E-state index in [9.17, 15) is 10.2 Å². The number of piperazine rings is 1. The summed E-state index contributed by atoms with van der Waals surface area (Å²) in [6.45, 7) is 8.50. The number of anilines is 1. The van der Waals surface area contributed by atoms with Gasteiger partial charge in [0.1, 0.15) is 5.75 Å². The summed E-state index contributed by atoms with van der Waals surface area (Å²) in [5.41, 5.74) is 1.77. The van der Waals surface area contributed by atoms with Crippen LogP contribution in [0.2, 0.25) is 0 Å². The molecular formula is C18H24N2O2. The van der Waals surface area contributed by atoms with E-state index in [1.807, 2.05) is 6.07 Å². The van der Waals surface area contributed by atoms with Crippen LogP contribution in [0, 0.1) is 0 Å². The molecule has 1 aliphatic heterocycles. The van der Waals surface area contributed by atoms with Crippen molar-refractivity contribution in [1.29, 1.82) is 0 Å². The van der Waals surface area contributed by atoms with Gasteiger partial charge in [0.2, 0.25) is 0 Å². The van der Waals surface area contributed by atoms with Gasteiger partial charge in [-0.3, -0.25) is 4.90 Å². The van der Waals surface area contributed by atoms with Crippen molar-refractivity contribution < 1.29 is 10.2 Å². The third kappa shape index (κ3) is 2.76. The monoisotopic (exact) mass is 300 g/mol. The van der Waals surface area contributed by atoms with Gasteiger partial charge in [-0.1, -0.05) is 12.1 Å². The van der Waals surface area contributed by atoms with Crippen molar-refractivity contribution in [2.45, 2.75) is 26.5 Å². The molecule has 4 nitrogen and oxygen atoms in total. The minimum absolute atomic E-state index is 0.145. The van der Waals surface area contributed by atoms with Crippen LogP contribution in [0.3, 0.4) is 0 Å². The standard InChI is InChI=1S/C18H24N2O2/c1-13(2)19-7-9-20(10-8-19)15-5-3-14-4-6-18(22)17(12-21)16(14)11-15/h3-6,11,13,21-22H,7-10,12H2,1-2H3. The first-order valence-electron chi connectivity index (χ1n) is 7.94. The van der Waals surface area contributed by atoms with Gasteiger partial charge < -0.3 is 15.1 Å². The fraction of sp³-hybridized carbons (Fsp3) is 0.444. The van der Waals surface area contributed by atoms with Crippen LogP contribution in [0.15, 0.2) is 30.3 Å². The molecule has 0 saturated carbocycles. The number of benzene rings is 2. The second-order valence-corrected chi connectivity index (χ2v) is 6.24. The largest absolute Gasteiger partial charge is 0.508 e. The second kappa shape index (κ2) is 6.15. The van der Waals surface area contributed by atoms with Crippen LogP contribution in [0.25, 0.3) is 10.8 Å². The Morgan fingerprint density at radius 3 is 2.36 bits per heavy atom. The second-order valence-electron chi connectivity index (χ2n) is 6.24. The third-order valence-electron chi connectivity index (χ3n) is 4.66. The molecule has 2 aromatic rings. The summed E-state index contributed by atoms with van der Waals surface area (Å²) in [7, 11) is 0. The van der Waals surface area contributed by atoms with Crippen molar-refractivity contribution in [1.82, 2.24) is 4.90 Å². The lowest BCUT2D eigenvalue weighted by molar-refractivity contribution is 0.209. The van der Waals surface area contributed by atoms with Crippen LogP contribution in [0.1, 0.15) is 19.4 Å². The van der Waals surface area contributed by atoms with Crippen molar-refractivity contribution in [3.05, 3.63) is 35.9 Å². The predicted octanol–water partition coefficient (Wildman–Crippen LogP) is 2.57. The Kier molecular flexibility index (Phi) is 4.23. The summed E-state index contributed by atoms with van der Waals surface area (Å²) >= 11 is 0. The number of phenols is 1. The third-order valence-corrected chi connectivity index (χ3v) is 4.66. The number of nitrogens with zero attached hydrogens (tertiary/aromatic N) is 2. The lowest BCUT2D eigenvalue weighted by Gasteiger charge is -2.38. The fourth-order valence-corrected chi connectivity index (χ4v) is 3.22. The maximum Gasteiger partial charge on any atom is 0.121 e. The summed E-state index contributed by atoms with van der Waals surface area (Å²) in [6, 6.07) is 10.4. The molecule has 2 N–H and O–H groups in total. The number of aliphatic hydroxyl groups excluding tert-OH is 1. The molecule has 3 rings (SSSR count). The number of aromatic hydroxyl groups is 1. The lowest BCUT2D eigenvalue weighted by atomic mass is 10.0. The van der Waals surface area contributed by atoms with Crippen molar-refractivity contribution in [2.24, 2.45) is 0 Å². The van der Waals surface area contributed by atoms with E-state index in [4.69, 9.17) is 0 Å². The molecule has 1 aliphatic rings. The van der Waals surface area contributed by atoms with Gasteiger partial charge in [0, 0.05) is 43.5 Å². The molecular weight excluding hydrogens is 276 g/mol.